The largest absolute Gasteiger partial charge is 0.488 e. The molecule has 1 unspecified atom stereocenters. The third kappa shape index (κ3) is 9.43. The van der Waals surface area contributed by atoms with Crippen molar-refractivity contribution < 1.29 is 14.2 Å². The van der Waals surface area contributed by atoms with Crippen molar-refractivity contribution in [3.05, 3.63) is 29.3 Å². The van der Waals surface area contributed by atoms with Gasteiger partial charge in [-0.25, -0.2) is 4.99 Å². The second kappa shape index (κ2) is 14.9. The van der Waals surface area contributed by atoms with E-state index in [1.165, 1.54) is 5.56 Å². The Labute approximate surface area is 186 Å². The molecule has 1 fully saturated rings. The fourth-order valence-electron chi connectivity index (χ4n) is 2.78. The molecule has 160 valence electrons. The SMILES string of the molecule is CCCCOCCNC(=NCc1ccc(C)cc1OC1CCOC1)NCC.I. The third-order valence-electron chi connectivity index (χ3n) is 4.34. The van der Waals surface area contributed by atoms with Crippen LogP contribution in [0.25, 0.3) is 0 Å². The van der Waals surface area contributed by atoms with E-state index in [9.17, 15) is 0 Å². The van der Waals surface area contributed by atoms with Crippen LogP contribution in [0.4, 0.5) is 0 Å². The van der Waals surface area contributed by atoms with E-state index in [1.54, 1.807) is 0 Å². The number of guanidine groups is 1. The normalized spacial score (nSPS) is 16.5. The van der Waals surface area contributed by atoms with Crippen molar-refractivity contribution in [1.29, 1.82) is 0 Å². The summed E-state index contributed by atoms with van der Waals surface area (Å²) in [6.07, 6.45) is 3.35. The van der Waals surface area contributed by atoms with Crippen molar-refractivity contribution in [3.8, 4) is 5.75 Å². The van der Waals surface area contributed by atoms with Gasteiger partial charge in [0.05, 0.1) is 26.4 Å². The van der Waals surface area contributed by atoms with Crippen LogP contribution in [-0.4, -0.2) is 51.6 Å². The van der Waals surface area contributed by atoms with E-state index in [2.05, 4.69) is 49.6 Å². The lowest BCUT2D eigenvalue weighted by Gasteiger charge is -2.16. The zero-order chi connectivity index (χ0) is 19.3. The first-order valence-electron chi connectivity index (χ1n) is 10.2. The molecule has 1 aliphatic rings. The van der Waals surface area contributed by atoms with Crippen LogP contribution < -0.4 is 15.4 Å². The molecule has 0 aromatic heterocycles. The van der Waals surface area contributed by atoms with Gasteiger partial charge in [-0.05, 0) is 31.9 Å². The maximum atomic E-state index is 6.16. The molecule has 1 aromatic carbocycles. The first-order chi connectivity index (χ1) is 13.2. The molecule has 6 nitrogen and oxygen atoms in total. The molecule has 2 rings (SSSR count). The highest BCUT2D eigenvalue weighted by Crippen LogP contribution is 2.24. The van der Waals surface area contributed by atoms with Crippen LogP contribution in [0.2, 0.25) is 0 Å². The smallest absolute Gasteiger partial charge is 0.191 e. The van der Waals surface area contributed by atoms with Crippen molar-refractivity contribution in [3.63, 3.8) is 0 Å². The molecule has 1 aromatic rings. The number of unbranched alkanes of at least 4 members (excludes halogenated alkanes) is 1. The Morgan fingerprint density at radius 1 is 1.25 bits per heavy atom. The van der Waals surface area contributed by atoms with Gasteiger partial charge in [-0.15, -0.1) is 24.0 Å². The molecule has 1 aliphatic heterocycles. The molecule has 2 N–H and O–H groups in total. The predicted octanol–water partition coefficient (Wildman–Crippen LogP) is 3.65. The highest BCUT2D eigenvalue weighted by molar-refractivity contribution is 14.0. The number of halogens is 1. The van der Waals surface area contributed by atoms with Crippen LogP contribution in [0.1, 0.15) is 44.2 Å². The van der Waals surface area contributed by atoms with Gasteiger partial charge in [-0.3, -0.25) is 0 Å². The highest BCUT2D eigenvalue weighted by atomic mass is 127. The minimum atomic E-state index is 0. The van der Waals surface area contributed by atoms with Gasteiger partial charge < -0.3 is 24.8 Å². The number of nitrogens with zero attached hydrogens (tertiary/aromatic N) is 1. The monoisotopic (exact) mass is 505 g/mol. The maximum absolute atomic E-state index is 6.16. The minimum absolute atomic E-state index is 0. The molecule has 1 atom stereocenters. The molecule has 0 spiro atoms. The molecule has 0 aliphatic carbocycles. The second-order valence-corrected chi connectivity index (χ2v) is 6.80. The standard InChI is InChI=1S/C21H35N3O3.HI/c1-4-6-11-25-13-10-23-21(22-5-2)24-15-18-8-7-17(3)14-20(18)27-19-9-12-26-16-19;/h7-8,14,19H,4-6,9-13,15-16H2,1-3H3,(H2,22,23,24);1H. The summed E-state index contributed by atoms with van der Waals surface area (Å²) in [7, 11) is 0. The molecule has 7 heteroatoms. The number of ether oxygens (including phenoxy) is 3. The van der Waals surface area contributed by atoms with Crippen molar-refractivity contribution in [1.82, 2.24) is 10.6 Å². The lowest BCUT2D eigenvalue weighted by atomic mass is 10.1. The topological polar surface area (TPSA) is 64.1 Å². The molecule has 0 bridgehead atoms. The van der Waals surface area contributed by atoms with Gasteiger partial charge in [-0.1, -0.05) is 25.5 Å². The lowest BCUT2D eigenvalue weighted by molar-refractivity contribution is 0.136. The van der Waals surface area contributed by atoms with Gasteiger partial charge in [0.1, 0.15) is 11.9 Å². The highest BCUT2D eigenvalue weighted by Gasteiger charge is 2.18. The van der Waals surface area contributed by atoms with Crippen molar-refractivity contribution in [2.75, 3.05) is 39.5 Å². The van der Waals surface area contributed by atoms with E-state index in [0.717, 1.165) is 62.8 Å². The summed E-state index contributed by atoms with van der Waals surface area (Å²) >= 11 is 0. The zero-order valence-corrected chi connectivity index (χ0v) is 19.8. The quantitative estimate of drug-likeness (QED) is 0.208. The first-order valence-corrected chi connectivity index (χ1v) is 10.2. The maximum Gasteiger partial charge on any atom is 0.191 e. The van der Waals surface area contributed by atoms with Gasteiger partial charge in [0.15, 0.2) is 5.96 Å². The summed E-state index contributed by atoms with van der Waals surface area (Å²) in [6.45, 7) is 11.4. The van der Waals surface area contributed by atoms with E-state index >= 15 is 0 Å². The summed E-state index contributed by atoms with van der Waals surface area (Å²) in [5, 5.41) is 6.61. The van der Waals surface area contributed by atoms with Crippen LogP contribution in [0.15, 0.2) is 23.2 Å². The van der Waals surface area contributed by atoms with Crippen LogP contribution in [0.5, 0.6) is 5.75 Å². The average molecular weight is 505 g/mol. The number of hydrogen-bond donors (Lipinski definition) is 2. The van der Waals surface area contributed by atoms with Crippen molar-refractivity contribution >= 4 is 29.9 Å². The average Bonchev–Trinajstić information content (AvgIpc) is 3.16. The number of rotatable bonds is 11. The van der Waals surface area contributed by atoms with Crippen LogP contribution >= 0.6 is 24.0 Å². The fraction of sp³-hybridized carbons (Fsp3) is 0.667. The fourth-order valence-corrected chi connectivity index (χ4v) is 2.78. The Balaban J connectivity index is 0.00000392. The molecule has 1 heterocycles. The van der Waals surface area contributed by atoms with Gasteiger partial charge in [0.2, 0.25) is 0 Å². The van der Waals surface area contributed by atoms with Gasteiger partial charge in [-0.2, -0.15) is 0 Å². The summed E-state index contributed by atoms with van der Waals surface area (Å²) in [5.41, 5.74) is 2.27. The summed E-state index contributed by atoms with van der Waals surface area (Å²) in [5.74, 6) is 1.71. The Bertz CT molecular complexity index is 578. The van der Waals surface area contributed by atoms with Gasteiger partial charge in [0.25, 0.3) is 0 Å². The Kier molecular flexibility index (Phi) is 13.3. The van der Waals surface area contributed by atoms with Crippen LogP contribution in [0, 0.1) is 6.92 Å². The molecular formula is C21H36IN3O3. The molecular weight excluding hydrogens is 469 g/mol. The van der Waals surface area contributed by atoms with E-state index in [4.69, 9.17) is 19.2 Å². The summed E-state index contributed by atoms with van der Waals surface area (Å²) in [6, 6.07) is 6.29. The predicted molar refractivity (Wildman–Crippen MR) is 125 cm³/mol. The summed E-state index contributed by atoms with van der Waals surface area (Å²) < 4.78 is 17.2. The minimum Gasteiger partial charge on any atom is -0.488 e. The van der Waals surface area contributed by atoms with Crippen molar-refractivity contribution in [2.45, 2.75) is 52.7 Å². The van der Waals surface area contributed by atoms with E-state index < -0.39 is 0 Å². The molecule has 28 heavy (non-hydrogen) atoms. The molecule has 1 saturated heterocycles. The van der Waals surface area contributed by atoms with Crippen LogP contribution in [0.3, 0.4) is 0 Å². The van der Waals surface area contributed by atoms with E-state index in [-0.39, 0.29) is 30.1 Å². The van der Waals surface area contributed by atoms with Gasteiger partial charge in [0, 0.05) is 31.7 Å². The number of aryl methyl sites for hydroxylation is 1. The Morgan fingerprint density at radius 2 is 2.11 bits per heavy atom. The molecule has 0 radical (unpaired) electrons. The summed E-state index contributed by atoms with van der Waals surface area (Å²) in [4.78, 5) is 4.71. The molecule has 0 amide bonds. The van der Waals surface area contributed by atoms with Crippen molar-refractivity contribution in [2.24, 2.45) is 4.99 Å². The van der Waals surface area contributed by atoms with E-state index in [1.807, 2.05) is 0 Å². The van der Waals surface area contributed by atoms with E-state index in [0.29, 0.717) is 19.8 Å². The zero-order valence-electron chi connectivity index (χ0n) is 17.5. The Morgan fingerprint density at radius 3 is 2.82 bits per heavy atom. The number of nitrogens with one attached hydrogen (secondary N) is 2. The first kappa shape index (κ1) is 25.0. The third-order valence-corrected chi connectivity index (χ3v) is 4.34. The van der Waals surface area contributed by atoms with Gasteiger partial charge >= 0.3 is 0 Å². The second-order valence-electron chi connectivity index (χ2n) is 6.80. The number of benzene rings is 1. The number of aliphatic imine (C=N–C) groups is 1. The van der Waals surface area contributed by atoms with Crippen LogP contribution in [-0.2, 0) is 16.0 Å². The molecule has 0 saturated carbocycles. The lowest BCUT2D eigenvalue weighted by Crippen LogP contribution is -2.39. The Hall–Kier alpha value is -1.06. The number of hydrogen-bond acceptors (Lipinski definition) is 4.